The first-order valence-electron chi connectivity index (χ1n) is 8.48. The molecule has 1 fully saturated rings. The Morgan fingerprint density at radius 2 is 2.04 bits per heavy atom. The van der Waals surface area contributed by atoms with Crippen LogP contribution in [0.15, 0.2) is 36.8 Å². The van der Waals surface area contributed by atoms with Gasteiger partial charge in [-0.25, -0.2) is 4.98 Å². The Kier molecular flexibility index (Phi) is 3.91. The standard InChI is InChI=1S/C18H21N5O2/c1-13-3-10-23(20-13)14-4-7-21(8-5-14)18(24)16-12-19-17-11-15(25-2)6-9-22(16)17/h3,6,9-12,14H,4-5,7-8H2,1-2H3. The van der Waals surface area contributed by atoms with Gasteiger partial charge >= 0.3 is 0 Å². The minimum Gasteiger partial charge on any atom is -0.497 e. The predicted octanol–water partition coefficient (Wildman–Crippen LogP) is 2.33. The first-order valence-corrected chi connectivity index (χ1v) is 8.48. The van der Waals surface area contributed by atoms with E-state index in [9.17, 15) is 4.79 Å². The predicted molar refractivity (Wildman–Crippen MR) is 92.9 cm³/mol. The fraction of sp³-hybridized carbons (Fsp3) is 0.389. The fourth-order valence-corrected chi connectivity index (χ4v) is 3.38. The van der Waals surface area contributed by atoms with Crippen LogP contribution in [0.5, 0.6) is 5.75 Å². The van der Waals surface area contributed by atoms with E-state index in [4.69, 9.17) is 4.74 Å². The van der Waals surface area contributed by atoms with Gasteiger partial charge in [-0.1, -0.05) is 0 Å². The van der Waals surface area contributed by atoms with Crippen molar-refractivity contribution in [2.75, 3.05) is 20.2 Å². The summed E-state index contributed by atoms with van der Waals surface area (Å²) in [6.07, 6.45) is 7.32. The molecule has 7 heteroatoms. The van der Waals surface area contributed by atoms with Crippen LogP contribution in [0, 0.1) is 6.92 Å². The molecule has 0 N–H and O–H groups in total. The lowest BCUT2D eigenvalue weighted by molar-refractivity contribution is 0.0683. The second-order valence-electron chi connectivity index (χ2n) is 6.40. The highest BCUT2D eigenvalue weighted by Crippen LogP contribution is 2.24. The van der Waals surface area contributed by atoms with Crippen LogP contribution in [0.2, 0.25) is 0 Å². The molecule has 0 aliphatic carbocycles. The van der Waals surface area contributed by atoms with Gasteiger partial charge in [-0.3, -0.25) is 13.9 Å². The summed E-state index contributed by atoms with van der Waals surface area (Å²) in [5.41, 5.74) is 2.33. The number of aromatic nitrogens is 4. The molecule has 0 unspecified atom stereocenters. The highest BCUT2D eigenvalue weighted by Gasteiger charge is 2.26. The molecular weight excluding hydrogens is 318 g/mol. The van der Waals surface area contributed by atoms with Gasteiger partial charge in [0.2, 0.25) is 0 Å². The van der Waals surface area contributed by atoms with E-state index in [0.717, 1.165) is 37.4 Å². The quantitative estimate of drug-likeness (QED) is 0.735. The van der Waals surface area contributed by atoms with Gasteiger partial charge < -0.3 is 9.64 Å². The van der Waals surface area contributed by atoms with E-state index in [1.54, 1.807) is 13.3 Å². The molecule has 4 heterocycles. The van der Waals surface area contributed by atoms with Crippen molar-refractivity contribution in [2.45, 2.75) is 25.8 Å². The maximum atomic E-state index is 12.9. The number of hydrogen-bond acceptors (Lipinski definition) is 4. The van der Waals surface area contributed by atoms with E-state index in [2.05, 4.69) is 10.1 Å². The highest BCUT2D eigenvalue weighted by atomic mass is 16.5. The number of likely N-dealkylation sites (tertiary alicyclic amines) is 1. The van der Waals surface area contributed by atoms with Crippen LogP contribution in [0.3, 0.4) is 0 Å². The van der Waals surface area contributed by atoms with Gasteiger partial charge in [0.1, 0.15) is 17.1 Å². The molecule has 4 rings (SSSR count). The SMILES string of the molecule is COc1ccn2c(C(=O)N3CCC(n4ccc(C)n4)CC3)cnc2c1. The van der Waals surface area contributed by atoms with E-state index < -0.39 is 0 Å². The Morgan fingerprint density at radius 1 is 1.24 bits per heavy atom. The largest absolute Gasteiger partial charge is 0.497 e. The Morgan fingerprint density at radius 3 is 2.72 bits per heavy atom. The van der Waals surface area contributed by atoms with E-state index in [0.29, 0.717) is 17.4 Å². The van der Waals surface area contributed by atoms with Gasteiger partial charge in [-0.2, -0.15) is 5.10 Å². The number of nitrogens with zero attached hydrogens (tertiary/aromatic N) is 5. The normalized spacial score (nSPS) is 15.7. The number of hydrogen-bond donors (Lipinski definition) is 0. The monoisotopic (exact) mass is 339 g/mol. The van der Waals surface area contributed by atoms with Crippen molar-refractivity contribution in [3.8, 4) is 5.75 Å². The van der Waals surface area contributed by atoms with Gasteiger partial charge in [-0.15, -0.1) is 0 Å². The average Bonchev–Trinajstić information content (AvgIpc) is 3.27. The lowest BCUT2D eigenvalue weighted by Gasteiger charge is -2.32. The number of fused-ring (bicyclic) bond motifs is 1. The zero-order valence-electron chi connectivity index (χ0n) is 14.4. The molecule has 7 nitrogen and oxygen atoms in total. The summed E-state index contributed by atoms with van der Waals surface area (Å²) >= 11 is 0. The summed E-state index contributed by atoms with van der Waals surface area (Å²) in [7, 11) is 1.62. The second-order valence-corrected chi connectivity index (χ2v) is 6.40. The fourth-order valence-electron chi connectivity index (χ4n) is 3.38. The average molecular weight is 339 g/mol. The van der Waals surface area contributed by atoms with E-state index >= 15 is 0 Å². The van der Waals surface area contributed by atoms with Crippen molar-refractivity contribution >= 4 is 11.6 Å². The zero-order valence-corrected chi connectivity index (χ0v) is 14.4. The first kappa shape index (κ1) is 15.7. The number of pyridine rings is 1. The molecule has 0 aromatic carbocycles. The van der Waals surface area contributed by atoms with Crippen LogP contribution in [0.4, 0.5) is 0 Å². The van der Waals surface area contributed by atoms with Crippen molar-refractivity contribution in [3.63, 3.8) is 0 Å². The molecule has 3 aromatic heterocycles. The molecule has 0 spiro atoms. The third-order valence-corrected chi connectivity index (χ3v) is 4.81. The summed E-state index contributed by atoms with van der Waals surface area (Å²) in [5, 5.41) is 4.50. The Bertz CT molecular complexity index is 905. The first-order chi connectivity index (χ1) is 12.2. The summed E-state index contributed by atoms with van der Waals surface area (Å²) < 4.78 is 9.05. The lowest BCUT2D eigenvalue weighted by atomic mass is 10.1. The van der Waals surface area contributed by atoms with Gasteiger partial charge in [0.05, 0.1) is 25.0 Å². The van der Waals surface area contributed by atoms with Gasteiger partial charge in [0.15, 0.2) is 0 Å². The van der Waals surface area contributed by atoms with Crippen molar-refractivity contribution in [1.82, 2.24) is 24.1 Å². The third kappa shape index (κ3) is 2.86. The molecule has 1 saturated heterocycles. The van der Waals surface area contributed by atoms with Crippen molar-refractivity contribution in [1.29, 1.82) is 0 Å². The van der Waals surface area contributed by atoms with E-state index in [1.165, 1.54) is 0 Å². The molecule has 1 aliphatic rings. The molecule has 0 bridgehead atoms. The Labute approximate surface area is 145 Å². The summed E-state index contributed by atoms with van der Waals surface area (Å²) in [5.74, 6) is 0.750. The number of aryl methyl sites for hydroxylation is 1. The summed E-state index contributed by atoms with van der Waals surface area (Å²) in [6, 6.07) is 6.04. The number of carbonyl (C=O) groups is 1. The number of rotatable bonds is 3. The molecular formula is C18H21N5O2. The molecule has 130 valence electrons. The maximum absolute atomic E-state index is 12.9. The van der Waals surface area contributed by atoms with Crippen molar-refractivity contribution in [3.05, 3.63) is 48.2 Å². The number of imidazole rings is 1. The minimum absolute atomic E-state index is 0.0211. The van der Waals surface area contributed by atoms with Crippen LogP contribution in [0.1, 0.15) is 35.1 Å². The summed E-state index contributed by atoms with van der Waals surface area (Å²) in [4.78, 5) is 19.1. The number of amides is 1. The van der Waals surface area contributed by atoms with E-state index in [1.807, 2.05) is 51.5 Å². The molecule has 0 saturated carbocycles. The lowest BCUT2D eigenvalue weighted by Crippen LogP contribution is -2.39. The van der Waals surface area contributed by atoms with Crippen LogP contribution in [-0.2, 0) is 0 Å². The zero-order chi connectivity index (χ0) is 17.4. The van der Waals surface area contributed by atoms with Crippen molar-refractivity contribution < 1.29 is 9.53 Å². The number of methoxy groups -OCH3 is 1. The van der Waals surface area contributed by atoms with Crippen LogP contribution >= 0.6 is 0 Å². The van der Waals surface area contributed by atoms with Crippen LogP contribution in [-0.4, -0.2) is 50.2 Å². The number of piperidine rings is 1. The molecule has 0 atom stereocenters. The third-order valence-electron chi connectivity index (χ3n) is 4.81. The van der Waals surface area contributed by atoms with Gasteiger partial charge in [0, 0.05) is 31.5 Å². The van der Waals surface area contributed by atoms with Crippen LogP contribution in [0.25, 0.3) is 5.65 Å². The molecule has 25 heavy (non-hydrogen) atoms. The number of ether oxygens (including phenoxy) is 1. The topological polar surface area (TPSA) is 64.7 Å². The van der Waals surface area contributed by atoms with E-state index in [-0.39, 0.29) is 5.91 Å². The van der Waals surface area contributed by atoms with Gasteiger partial charge in [-0.05, 0) is 31.9 Å². The number of carbonyl (C=O) groups excluding carboxylic acids is 1. The highest BCUT2D eigenvalue weighted by molar-refractivity contribution is 5.93. The molecule has 1 aliphatic heterocycles. The molecule has 0 radical (unpaired) electrons. The second kappa shape index (κ2) is 6.23. The Balaban J connectivity index is 1.49. The summed E-state index contributed by atoms with van der Waals surface area (Å²) in [6.45, 7) is 3.45. The van der Waals surface area contributed by atoms with Crippen LogP contribution < -0.4 is 4.74 Å². The smallest absolute Gasteiger partial charge is 0.272 e. The van der Waals surface area contributed by atoms with Crippen molar-refractivity contribution in [2.24, 2.45) is 0 Å². The minimum atomic E-state index is 0.0211. The maximum Gasteiger partial charge on any atom is 0.272 e. The Hall–Kier alpha value is -2.83. The molecule has 3 aromatic rings. The molecule has 1 amide bonds. The van der Waals surface area contributed by atoms with Gasteiger partial charge in [0.25, 0.3) is 5.91 Å².